The monoisotopic (exact) mass is 436 g/mol. The number of hydrogen-bond acceptors (Lipinski definition) is 3. The van der Waals surface area contributed by atoms with Crippen LogP contribution in [0.2, 0.25) is 0 Å². The number of rotatable bonds is 5. The third-order valence-electron chi connectivity index (χ3n) is 6.28. The lowest BCUT2D eigenvalue weighted by Gasteiger charge is -2.25. The Morgan fingerprint density at radius 3 is 2.39 bits per heavy atom. The Labute approximate surface area is 192 Å². The summed E-state index contributed by atoms with van der Waals surface area (Å²) in [5.41, 5.74) is 4.62. The van der Waals surface area contributed by atoms with Crippen molar-refractivity contribution in [2.45, 2.75) is 19.4 Å². The number of likely N-dealkylation sites (tertiary alicyclic amines) is 1. The summed E-state index contributed by atoms with van der Waals surface area (Å²) in [4.78, 5) is 31.1. The molecule has 5 nitrogen and oxygen atoms in total. The molecule has 4 aromatic rings. The molecule has 1 fully saturated rings. The first-order chi connectivity index (χ1) is 16.0. The molecule has 164 valence electrons. The largest absolute Gasteiger partial charge is 0.507 e. The number of para-hydroxylation sites is 1. The molecule has 0 bridgehead atoms. The van der Waals surface area contributed by atoms with E-state index >= 15 is 0 Å². The molecule has 33 heavy (non-hydrogen) atoms. The van der Waals surface area contributed by atoms with Gasteiger partial charge in [-0.15, -0.1) is 0 Å². The molecule has 0 radical (unpaired) electrons. The van der Waals surface area contributed by atoms with Crippen molar-refractivity contribution in [3.63, 3.8) is 0 Å². The van der Waals surface area contributed by atoms with Gasteiger partial charge >= 0.3 is 0 Å². The number of benzene rings is 3. The molecule has 0 saturated carbocycles. The van der Waals surface area contributed by atoms with Crippen molar-refractivity contribution in [3.8, 4) is 0 Å². The topological polar surface area (TPSA) is 73.4 Å². The molecule has 0 spiro atoms. The van der Waals surface area contributed by atoms with Gasteiger partial charge in [0.2, 0.25) is 0 Å². The van der Waals surface area contributed by atoms with Gasteiger partial charge in [0.05, 0.1) is 11.6 Å². The van der Waals surface area contributed by atoms with Crippen molar-refractivity contribution in [1.29, 1.82) is 0 Å². The van der Waals surface area contributed by atoms with Crippen LogP contribution in [0.5, 0.6) is 0 Å². The van der Waals surface area contributed by atoms with Crippen LogP contribution >= 0.6 is 0 Å². The lowest BCUT2D eigenvalue weighted by atomic mass is 9.95. The van der Waals surface area contributed by atoms with Crippen LogP contribution in [0, 0.1) is 6.92 Å². The second kappa shape index (κ2) is 8.43. The number of hydrogen-bond donors (Lipinski definition) is 2. The summed E-state index contributed by atoms with van der Waals surface area (Å²) in [5, 5.41) is 12.2. The van der Waals surface area contributed by atoms with Gasteiger partial charge in [-0.3, -0.25) is 9.59 Å². The number of carbonyl (C=O) groups is 2. The van der Waals surface area contributed by atoms with E-state index in [0.717, 1.165) is 27.6 Å². The number of H-pyrrole nitrogens is 1. The molecule has 1 aromatic heterocycles. The summed E-state index contributed by atoms with van der Waals surface area (Å²) in [6.07, 6.45) is 2.54. The van der Waals surface area contributed by atoms with Crippen LogP contribution in [0.1, 0.15) is 28.3 Å². The first kappa shape index (κ1) is 20.8. The van der Waals surface area contributed by atoms with Gasteiger partial charge in [0, 0.05) is 29.2 Å². The van der Waals surface area contributed by atoms with Gasteiger partial charge in [-0.25, -0.2) is 0 Å². The molecule has 1 unspecified atom stereocenters. The highest BCUT2D eigenvalue weighted by Gasteiger charge is 2.45. The fourth-order valence-electron chi connectivity index (χ4n) is 4.54. The number of aliphatic hydroxyl groups excluding tert-OH is 1. The van der Waals surface area contributed by atoms with Crippen LogP contribution in [0.15, 0.2) is 90.6 Å². The van der Waals surface area contributed by atoms with Crippen LogP contribution in [0.4, 0.5) is 0 Å². The molecule has 1 amide bonds. The van der Waals surface area contributed by atoms with E-state index < -0.39 is 17.7 Å². The van der Waals surface area contributed by atoms with E-state index in [1.54, 1.807) is 17.0 Å². The summed E-state index contributed by atoms with van der Waals surface area (Å²) >= 11 is 0. The summed E-state index contributed by atoms with van der Waals surface area (Å²) in [6, 6.07) is 24.1. The number of aromatic amines is 1. The molecule has 1 saturated heterocycles. The van der Waals surface area contributed by atoms with Crippen molar-refractivity contribution in [2.24, 2.45) is 0 Å². The summed E-state index contributed by atoms with van der Waals surface area (Å²) in [7, 11) is 0. The van der Waals surface area contributed by atoms with Crippen molar-refractivity contribution < 1.29 is 14.7 Å². The number of fused-ring (bicyclic) bond motifs is 1. The van der Waals surface area contributed by atoms with Crippen molar-refractivity contribution in [2.75, 3.05) is 6.54 Å². The number of carbonyl (C=O) groups excluding carboxylic acids is 2. The minimum absolute atomic E-state index is 0.133. The van der Waals surface area contributed by atoms with Crippen molar-refractivity contribution >= 4 is 28.4 Å². The lowest BCUT2D eigenvalue weighted by molar-refractivity contribution is -0.139. The van der Waals surface area contributed by atoms with Gasteiger partial charge in [0.25, 0.3) is 11.7 Å². The zero-order chi connectivity index (χ0) is 22.9. The van der Waals surface area contributed by atoms with Gasteiger partial charge in [-0.2, -0.15) is 0 Å². The normalized spacial score (nSPS) is 17.7. The number of aryl methyl sites for hydroxylation is 1. The van der Waals surface area contributed by atoms with Crippen LogP contribution in [0.3, 0.4) is 0 Å². The molecule has 5 rings (SSSR count). The summed E-state index contributed by atoms with van der Waals surface area (Å²) < 4.78 is 0. The van der Waals surface area contributed by atoms with Gasteiger partial charge in [-0.1, -0.05) is 78.4 Å². The number of ketones is 1. The predicted octanol–water partition coefficient (Wildman–Crippen LogP) is 5.14. The highest BCUT2D eigenvalue weighted by atomic mass is 16.3. The SMILES string of the molecule is Cc1ccc(/C(O)=C2/C(=O)C(=O)N(CCc3c[nH]c4ccccc34)C2c2ccccc2)cc1. The molecule has 1 aliphatic rings. The predicted molar refractivity (Wildman–Crippen MR) is 129 cm³/mol. The summed E-state index contributed by atoms with van der Waals surface area (Å²) in [5.74, 6) is -1.38. The average molecular weight is 437 g/mol. The van der Waals surface area contributed by atoms with E-state index in [1.807, 2.05) is 79.9 Å². The van der Waals surface area contributed by atoms with E-state index in [9.17, 15) is 14.7 Å². The van der Waals surface area contributed by atoms with E-state index in [-0.39, 0.29) is 11.3 Å². The van der Waals surface area contributed by atoms with Gasteiger partial charge < -0.3 is 15.0 Å². The van der Waals surface area contributed by atoms with E-state index in [1.165, 1.54) is 0 Å². The van der Waals surface area contributed by atoms with Gasteiger partial charge in [0.1, 0.15) is 5.76 Å². The molecule has 2 heterocycles. The third kappa shape index (κ3) is 3.72. The summed E-state index contributed by atoms with van der Waals surface area (Å²) in [6.45, 7) is 2.31. The maximum absolute atomic E-state index is 13.1. The highest BCUT2D eigenvalue weighted by Crippen LogP contribution is 2.39. The number of aliphatic hydroxyl groups is 1. The molecular weight excluding hydrogens is 412 g/mol. The lowest BCUT2D eigenvalue weighted by Crippen LogP contribution is -2.31. The van der Waals surface area contributed by atoms with Crippen LogP contribution in [0.25, 0.3) is 16.7 Å². The molecule has 0 aliphatic carbocycles. The fraction of sp³-hybridized carbons (Fsp3) is 0.143. The van der Waals surface area contributed by atoms with E-state index in [2.05, 4.69) is 4.98 Å². The second-order valence-corrected chi connectivity index (χ2v) is 8.38. The zero-order valence-electron chi connectivity index (χ0n) is 18.3. The van der Waals surface area contributed by atoms with Crippen LogP contribution in [-0.4, -0.2) is 33.2 Å². The Balaban J connectivity index is 1.55. The molecule has 2 N–H and O–H groups in total. The van der Waals surface area contributed by atoms with E-state index in [0.29, 0.717) is 18.5 Å². The number of aromatic nitrogens is 1. The molecule has 5 heteroatoms. The maximum atomic E-state index is 13.1. The Hall–Kier alpha value is -4.12. The van der Waals surface area contributed by atoms with Crippen LogP contribution < -0.4 is 0 Å². The van der Waals surface area contributed by atoms with Gasteiger partial charge in [-0.05, 0) is 30.5 Å². The quantitative estimate of drug-likeness (QED) is 0.258. The van der Waals surface area contributed by atoms with Crippen molar-refractivity contribution in [3.05, 3.63) is 113 Å². The third-order valence-corrected chi connectivity index (χ3v) is 6.28. The molecular formula is C28H24N2O3. The Bertz CT molecular complexity index is 1370. The molecule has 1 aliphatic heterocycles. The first-order valence-electron chi connectivity index (χ1n) is 11.0. The smallest absolute Gasteiger partial charge is 0.295 e. The number of amides is 1. The van der Waals surface area contributed by atoms with E-state index in [4.69, 9.17) is 0 Å². The molecule has 1 atom stereocenters. The number of nitrogens with zero attached hydrogens (tertiary/aromatic N) is 1. The Morgan fingerprint density at radius 1 is 0.939 bits per heavy atom. The maximum Gasteiger partial charge on any atom is 0.295 e. The van der Waals surface area contributed by atoms with Crippen LogP contribution in [-0.2, 0) is 16.0 Å². The number of Topliss-reactive ketones (excluding diaryl/α,β-unsaturated/α-hetero) is 1. The Kier molecular flexibility index (Phi) is 5.31. The average Bonchev–Trinajstić information content (AvgIpc) is 3.37. The minimum atomic E-state index is -0.652. The van der Waals surface area contributed by atoms with Gasteiger partial charge in [0.15, 0.2) is 0 Å². The minimum Gasteiger partial charge on any atom is -0.507 e. The standard InChI is InChI=1S/C28H24N2O3/c1-18-11-13-20(14-12-18)26(31)24-25(19-7-3-2-4-8-19)30(28(33)27(24)32)16-15-21-17-29-23-10-6-5-9-22(21)23/h2-14,17,25,29,31H,15-16H2,1H3/b26-24-. The zero-order valence-corrected chi connectivity index (χ0v) is 18.3. The first-order valence-corrected chi connectivity index (χ1v) is 11.0. The fourth-order valence-corrected chi connectivity index (χ4v) is 4.54. The van der Waals surface area contributed by atoms with Crippen molar-refractivity contribution in [1.82, 2.24) is 9.88 Å². The Morgan fingerprint density at radius 2 is 1.64 bits per heavy atom. The highest BCUT2D eigenvalue weighted by molar-refractivity contribution is 6.46. The second-order valence-electron chi connectivity index (χ2n) is 8.38. The molecule has 3 aromatic carbocycles. The number of nitrogens with one attached hydrogen (secondary N) is 1.